The van der Waals surface area contributed by atoms with E-state index in [1.807, 2.05) is 0 Å². The second-order valence-corrected chi connectivity index (χ2v) is 9.73. The van der Waals surface area contributed by atoms with E-state index in [0.29, 0.717) is 42.3 Å². The largest absolute Gasteiger partial charge is 0.492 e. The number of carbonyl (C=O) groups excluding carboxylic acids is 2. The van der Waals surface area contributed by atoms with Crippen LogP contribution < -0.4 is 10.1 Å². The molecule has 0 bridgehead atoms. The van der Waals surface area contributed by atoms with Gasteiger partial charge in [0.15, 0.2) is 5.78 Å². The molecule has 1 amide bonds. The number of hydrogen-bond donors (Lipinski definition) is 1. The summed E-state index contributed by atoms with van der Waals surface area (Å²) in [5, 5.41) is 3.47. The van der Waals surface area contributed by atoms with Crippen molar-refractivity contribution in [3.05, 3.63) is 59.1 Å². The molecule has 7 nitrogen and oxygen atoms in total. The van der Waals surface area contributed by atoms with Crippen LogP contribution in [0.25, 0.3) is 0 Å². The van der Waals surface area contributed by atoms with Gasteiger partial charge in [-0.25, -0.2) is 8.42 Å². The number of ketones is 1. The summed E-state index contributed by atoms with van der Waals surface area (Å²) in [7, 11) is -3.70. The number of nitrogens with zero attached hydrogens (tertiary/aromatic N) is 1. The normalized spacial score (nSPS) is 15.4. The maximum atomic E-state index is 12.9. The fraction of sp³-hybridized carbons (Fsp3) is 0.364. The zero-order valence-corrected chi connectivity index (χ0v) is 18.8. The zero-order valence-electron chi connectivity index (χ0n) is 17.2. The van der Waals surface area contributed by atoms with E-state index in [1.165, 1.54) is 23.4 Å². The fourth-order valence-corrected chi connectivity index (χ4v) is 5.04. The molecule has 1 aliphatic rings. The van der Waals surface area contributed by atoms with Gasteiger partial charge in [-0.1, -0.05) is 23.7 Å². The summed E-state index contributed by atoms with van der Waals surface area (Å²) in [6, 6.07) is 13.0. The summed E-state index contributed by atoms with van der Waals surface area (Å²) in [6.45, 7) is 2.60. The topological polar surface area (TPSA) is 92.8 Å². The molecule has 3 rings (SSSR count). The molecule has 0 atom stereocenters. The van der Waals surface area contributed by atoms with E-state index in [2.05, 4.69) is 5.32 Å². The highest BCUT2D eigenvalue weighted by atomic mass is 35.5. The Labute approximate surface area is 187 Å². The molecule has 166 valence electrons. The molecule has 0 saturated carbocycles. The third-order valence-corrected chi connectivity index (χ3v) is 7.33. The van der Waals surface area contributed by atoms with Crippen LogP contribution in [0.2, 0.25) is 5.02 Å². The molecule has 0 aliphatic carbocycles. The van der Waals surface area contributed by atoms with Gasteiger partial charge in [0, 0.05) is 29.6 Å². The molecule has 2 aromatic carbocycles. The molecule has 0 radical (unpaired) electrons. The summed E-state index contributed by atoms with van der Waals surface area (Å²) in [5.74, 6) is 0.138. The summed E-state index contributed by atoms with van der Waals surface area (Å²) < 4.78 is 32.7. The first kappa shape index (κ1) is 23.2. The van der Waals surface area contributed by atoms with E-state index >= 15 is 0 Å². The van der Waals surface area contributed by atoms with E-state index in [-0.39, 0.29) is 35.6 Å². The molecule has 1 saturated heterocycles. The van der Waals surface area contributed by atoms with Crippen molar-refractivity contribution in [3.8, 4) is 5.75 Å². The number of amides is 1. The fourth-order valence-electron chi connectivity index (χ4n) is 3.40. The lowest BCUT2D eigenvalue weighted by Gasteiger charge is -2.30. The van der Waals surface area contributed by atoms with Gasteiger partial charge in [-0.3, -0.25) is 9.59 Å². The Morgan fingerprint density at radius 2 is 1.81 bits per heavy atom. The minimum Gasteiger partial charge on any atom is -0.492 e. The predicted octanol–water partition coefficient (Wildman–Crippen LogP) is 3.14. The number of piperidine rings is 1. The highest BCUT2D eigenvalue weighted by molar-refractivity contribution is 7.89. The Kier molecular flexibility index (Phi) is 7.69. The number of ether oxygens (including phenoxy) is 1. The average molecular weight is 465 g/mol. The first-order valence-corrected chi connectivity index (χ1v) is 11.9. The van der Waals surface area contributed by atoms with Crippen LogP contribution in [0, 0.1) is 5.92 Å². The van der Waals surface area contributed by atoms with Gasteiger partial charge in [0.1, 0.15) is 12.4 Å². The van der Waals surface area contributed by atoms with Crippen molar-refractivity contribution in [1.82, 2.24) is 9.62 Å². The Hall–Kier alpha value is -2.42. The molecular formula is C22H25ClN2O5S. The summed E-state index contributed by atoms with van der Waals surface area (Å²) in [4.78, 5) is 24.1. The Morgan fingerprint density at radius 1 is 1.13 bits per heavy atom. The van der Waals surface area contributed by atoms with Crippen LogP contribution in [0.15, 0.2) is 53.4 Å². The smallest absolute Gasteiger partial charge is 0.243 e. The van der Waals surface area contributed by atoms with Crippen molar-refractivity contribution in [2.45, 2.75) is 24.7 Å². The van der Waals surface area contributed by atoms with Gasteiger partial charge < -0.3 is 10.1 Å². The van der Waals surface area contributed by atoms with Crippen LogP contribution in [0.1, 0.15) is 30.1 Å². The van der Waals surface area contributed by atoms with Crippen LogP contribution in [0.3, 0.4) is 0 Å². The van der Waals surface area contributed by atoms with Crippen LogP contribution in [0.4, 0.5) is 0 Å². The van der Waals surface area contributed by atoms with Gasteiger partial charge in [-0.05, 0) is 56.2 Å². The molecule has 1 aliphatic heterocycles. The van der Waals surface area contributed by atoms with Crippen molar-refractivity contribution < 1.29 is 22.7 Å². The Balaban J connectivity index is 1.47. The molecule has 0 spiro atoms. The van der Waals surface area contributed by atoms with Crippen LogP contribution in [-0.4, -0.2) is 50.7 Å². The molecule has 2 aromatic rings. The van der Waals surface area contributed by atoms with Crippen molar-refractivity contribution in [1.29, 1.82) is 0 Å². The van der Waals surface area contributed by atoms with Gasteiger partial charge in [-0.2, -0.15) is 4.31 Å². The van der Waals surface area contributed by atoms with E-state index < -0.39 is 10.0 Å². The predicted molar refractivity (Wildman–Crippen MR) is 118 cm³/mol. The lowest BCUT2D eigenvalue weighted by atomic mass is 9.97. The van der Waals surface area contributed by atoms with Crippen molar-refractivity contribution in [2.24, 2.45) is 5.92 Å². The third-order valence-electron chi connectivity index (χ3n) is 5.19. The van der Waals surface area contributed by atoms with Gasteiger partial charge in [0.05, 0.1) is 11.4 Å². The van der Waals surface area contributed by atoms with Gasteiger partial charge in [0.25, 0.3) is 0 Å². The van der Waals surface area contributed by atoms with Crippen molar-refractivity contribution in [3.63, 3.8) is 0 Å². The monoisotopic (exact) mass is 464 g/mol. The molecule has 9 heteroatoms. The summed E-state index contributed by atoms with van der Waals surface area (Å²) in [6.07, 6.45) is 0.880. The number of rotatable bonds is 8. The van der Waals surface area contributed by atoms with E-state index in [9.17, 15) is 18.0 Å². The molecule has 0 unspecified atom stereocenters. The SMILES string of the molecule is CC(=O)c1cccc(S(=O)(=O)N2CCC(C(=O)NCCOc3ccc(Cl)cc3)CC2)c1. The number of hydrogen-bond acceptors (Lipinski definition) is 5. The highest BCUT2D eigenvalue weighted by Crippen LogP contribution is 2.24. The van der Waals surface area contributed by atoms with Crippen LogP contribution in [0.5, 0.6) is 5.75 Å². The lowest BCUT2D eigenvalue weighted by molar-refractivity contribution is -0.126. The maximum absolute atomic E-state index is 12.9. The first-order chi connectivity index (χ1) is 14.8. The number of carbonyl (C=O) groups is 2. The Morgan fingerprint density at radius 3 is 2.45 bits per heavy atom. The molecular weight excluding hydrogens is 440 g/mol. The molecule has 1 fully saturated rings. The number of benzene rings is 2. The first-order valence-electron chi connectivity index (χ1n) is 10.0. The lowest BCUT2D eigenvalue weighted by Crippen LogP contribution is -2.43. The Bertz CT molecular complexity index is 1030. The van der Waals surface area contributed by atoms with Crippen LogP contribution in [-0.2, 0) is 14.8 Å². The van der Waals surface area contributed by atoms with E-state index in [1.54, 1.807) is 36.4 Å². The second kappa shape index (κ2) is 10.3. The van der Waals surface area contributed by atoms with Crippen molar-refractivity contribution >= 4 is 33.3 Å². The van der Waals surface area contributed by atoms with Gasteiger partial charge in [0.2, 0.25) is 15.9 Å². The molecule has 1 N–H and O–H groups in total. The quantitative estimate of drug-likeness (QED) is 0.478. The average Bonchev–Trinajstić information content (AvgIpc) is 2.78. The molecule has 31 heavy (non-hydrogen) atoms. The van der Waals surface area contributed by atoms with Gasteiger partial charge in [-0.15, -0.1) is 0 Å². The minimum atomic E-state index is -3.70. The summed E-state index contributed by atoms with van der Waals surface area (Å²) >= 11 is 5.83. The summed E-state index contributed by atoms with van der Waals surface area (Å²) in [5.41, 5.74) is 0.358. The number of Topliss-reactive ketones (excluding diaryl/α,β-unsaturated/α-hetero) is 1. The molecule has 1 heterocycles. The molecule has 0 aromatic heterocycles. The van der Waals surface area contributed by atoms with E-state index in [4.69, 9.17) is 16.3 Å². The number of nitrogens with one attached hydrogen (secondary N) is 1. The minimum absolute atomic E-state index is 0.0995. The highest BCUT2D eigenvalue weighted by Gasteiger charge is 2.32. The maximum Gasteiger partial charge on any atom is 0.243 e. The van der Waals surface area contributed by atoms with Crippen LogP contribution >= 0.6 is 11.6 Å². The standard InChI is InChI=1S/C22H25ClN2O5S/c1-16(26)18-3-2-4-21(15-18)31(28,29)25-12-9-17(10-13-25)22(27)24-11-14-30-20-7-5-19(23)6-8-20/h2-8,15,17H,9-14H2,1H3,(H,24,27). The van der Waals surface area contributed by atoms with Crippen molar-refractivity contribution in [2.75, 3.05) is 26.2 Å². The zero-order chi connectivity index (χ0) is 22.4. The number of halogens is 1. The van der Waals surface area contributed by atoms with E-state index in [0.717, 1.165) is 0 Å². The van der Waals surface area contributed by atoms with Gasteiger partial charge >= 0.3 is 0 Å². The number of sulfonamides is 1. The third kappa shape index (κ3) is 6.06. The second-order valence-electron chi connectivity index (χ2n) is 7.36.